The van der Waals surface area contributed by atoms with Crippen LogP contribution in [-0.4, -0.2) is 14.5 Å². The van der Waals surface area contributed by atoms with Crippen molar-refractivity contribution in [3.05, 3.63) is 22.0 Å². The molecule has 0 bridgehead atoms. The van der Waals surface area contributed by atoms with E-state index in [9.17, 15) is 10.1 Å². The second-order valence-electron chi connectivity index (χ2n) is 2.22. The van der Waals surface area contributed by atoms with Crippen molar-refractivity contribution in [2.45, 2.75) is 27.2 Å². The number of nitro groups is 1. The minimum absolute atomic E-state index is 0.0955. The molecule has 0 N–H and O–H groups in total. The average Bonchev–Trinajstić information content (AvgIpc) is 2.50. The van der Waals surface area contributed by atoms with Crippen LogP contribution >= 0.6 is 0 Å². The highest BCUT2D eigenvalue weighted by atomic mass is 16.6. The molecule has 0 spiro atoms. The van der Waals surface area contributed by atoms with E-state index in [2.05, 4.69) is 4.98 Å². The molecule has 0 radical (unpaired) electrons. The minimum Gasteiger partial charge on any atom is -0.390 e. The Hall–Kier alpha value is -1.39. The van der Waals surface area contributed by atoms with Gasteiger partial charge in [-0.3, -0.25) is 0 Å². The third-order valence-electron chi connectivity index (χ3n) is 1.59. The third-order valence-corrected chi connectivity index (χ3v) is 1.59. The Morgan fingerprint density at radius 1 is 1.62 bits per heavy atom. The minimum atomic E-state index is -0.487. The van der Waals surface area contributed by atoms with E-state index in [4.69, 9.17) is 0 Å². The predicted molar refractivity (Wildman–Crippen MR) is 50.6 cm³/mol. The molecular formula is C8H15N3O2. The van der Waals surface area contributed by atoms with Crippen LogP contribution in [0.4, 0.5) is 5.95 Å². The van der Waals surface area contributed by atoms with Crippen molar-refractivity contribution >= 4 is 5.95 Å². The molecule has 1 heterocycles. The summed E-state index contributed by atoms with van der Waals surface area (Å²) in [5.74, 6) is -0.0955. The number of nitrogens with zero attached hydrogens (tertiary/aromatic N) is 3. The molecule has 0 aromatic carbocycles. The van der Waals surface area contributed by atoms with Crippen LogP contribution in [0.3, 0.4) is 0 Å². The Morgan fingerprint density at radius 3 is 2.38 bits per heavy atom. The fourth-order valence-electron chi connectivity index (χ4n) is 0.932. The van der Waals surface area contributed by atoms with E-state index in [1.807, 2.05) is 20.8 Å². The van der Waals surface area contributed by atoms with E-state index in [-0.39, 0.29) is 5.95 Å². The number of rotatable bonds is 2. The summed E-state index contributed by atoms with van der Waals surface area (Å²) < 4.78 is 1.49. The summed E-state index contributed by atoms with van der Waals surface area (Å²) in [7, 11) is 1.64. The number of imidazole rings is 1. The van der Waals surface area contributed by atoms with Gasteiger partial charge in [-0.25, -0.2) is 4.57 Å². The summed E-state index contributed by atoms with van der Waals surface area (Å²) in [6.07, 6.45) is 2.29. The van der Waals surface area contributed by atoms with Crippen molar-refractivity contribution in [3.63, 3.8) is 0 Å². The lowest BCUT2D eigenvalue weighted by molar-refractivity contribution is -0.396. The summed E-state index contributed by atoms with van der Waals surface area (Å²) in [4.78, 5) is 13.4. The van der Waals surface area contributed by atoms with Gasteiger partial charge in [0.25, 0.3) is 0 Å². The average molecular weight is 185 g/mol. The van der Waals surface area contributed by atoms with Gasteiger partial charge in [0.2, 0.25) is 0 Å². The molecule has 5 nitrogen and oxygen atoms in total. The van der Waals surface area contributed by atoms with E-state index in [0.717, 1.165) is 12.1 Å². The van der Waals surface area contributed by atoms with Crippen LogP contribution in [0.25, 0.3) is 0 Å². The van der Waals surface area contributed by atoms with Gasteiger partial charge in [0, 0.05) is 6.42 Å². The fourth-order valence-corrected chi connectivity index (χ4v) is 0.932. The summed E-state index contributed by atoms with van der Waals surface area (Å²) in [6.45, 7) is 5.93. The van der Waals surface area contributed by atoms with Gasteiger partial charge in [-0.2, -0.15) is 0 Å². The lowest BCUT2D eigenvalue weighted by Gasteiger charge is -1.95. The molecule has 0 fully saturated rings. The van der Waals surface area contributed by atoms with Gasteiger partial charge < -0.3 is 10.1 Å². The summed E-state index contributed by atoms with van der Waals surface area (Å²) in [5, 5.41) is 10.3. The zero-order valence-electron chi connectivity index (χ0n) is 8.44. The van der Waals surface area contributed by atoms with E-state index in [1.54, 1.807) is 7.05 Å². The van der Waals surface area contributed by atoms with Gasteiger partial charge in [0.1, 0.15) is 11.9 Å². The molecule has 0 saturated heterocycles. The van der Waals surface area contributed by atoms with Crippen molar-refractivity contribution in [2.24, 2.45) is 7.05 Å². The van der Waals surface area contributed by atoms with Crippen molar-refractivity contribution in [3.8, 4) is 0 Å². The molecule has 0 aliphatic rings. The molecular weight excluding hydrogens is 170 g/mol. The molecule has 0 atom stereocenters. The molecule has 0 amide bonds. The lowest BCUT2D eigenvalue weighted by Crippen LogP contribution is -2.00. The van der Waals surface area contributed by atoms with Crippen LogP contribution in [0.2, 0.25) is 0 Å². The SMILES string of the molecule is CC.CCc1cnc([N+](=O)[O-])n1C. The van der Waals surface area contributed by atoms with Gasteiger partial charge in [0.15, 0.2) is 0 Å². The highest BCUT2D eigenvalue weighted by molar-refractivity contribution is 5.14. The monoisotopic (exact) mass is 185 g/mol. The molecule has 1 aromatic rings. The number of hydrogen-bond acceptors (Lipinski definition) is 3. The van der Waals surface area contributed by atoms with Crippen LogP contribution in [0.15, 0.2) is 6.20 Å². The molecule has 0 unspecified atom stereocenters. The summed E-state index contributed by atoms with van der Waals surface area (Å²) in [5.41, 5.74) is 0.872. The normalized spacial score (nSPS) is 8.92. The number of aryl methyl sites for hydroxylation is 1. The summed E-state index contributed by atoms with van der Waals surface area (Å²) in [6, 6.07) is 0. The fraction of sp³-hybridized carbons (Fsp3) is 0.625. The first-order chi connectivity index (χ1) is 6.16. The maximum absolute atomic E-state index is 10.3. The van der Waals surface area contributed by atoms with Crippen LogP contribution in [0.5, 0.6) is 0 Å². The van der Waals surface area contributed by atoms with Crippen molar-refractivity contribution < 1.29 is 4.92 Å². The summed E-state index contributed by atoms with van der Waals surface area (Å²) >= 11 is 0. The molecule has 74 valence electrons. The zero-order chi connectivity index (χ0) is 10.4. The Balaban J connectivity index is 0.000000671. The van der Waals surface area contributed by atoms with E-state index >= 15 is 0 Å². The lowest BCUT2D eigenvalue weighted by atomic mass is 10.4. The molecule has 13 heavy (non-hydrogen) atoms. The molecule has 5 heteroatoms. The first-order valence-corrected chi connectivity index (χ1v) is 4.31. The third kappa shape index (κ3) is 2.54. The van der Waals surface area contributed by atoms with Crippen LogP contribution in [0, 0.1) is 10.1 Å². The Labute approximate surface area is 77.6 Å². The van der Waals surface area contributed by atoms with Gasteiger partial charge in [-0.1, -0.05) is 25.8 Å². The zero-order valence-corrected chi connectivity index (χ0v) is 8.44. The second-order valence-corrected chi connectivity index (χ2v) is 2.22. The maximum atomic E-state index is 10.3. The number of aromatic nitrogens is 2. The molecule has 1 aromatic heterocycles. The Bertz CT molecular complexity index is 281. The standard InChI is InChI=1S/C6H9N3O2.C2H6/c1-3-5-4-7-6(8(5)2)9(10)11;1-2/h4H,3H2,1-2H3;1-2H3. The highest BCUT2D eigenvalue weighted by Gasteiger charge is 2.14. The smallest absolute Gasteiger partial charge is 0.390 e. The molecule has 0 aliphatic carbocycles. The van der Waals surface area contributed by atoms with Crippen molar-refractivity contribution in [1.29, 1.82) is 0 Å². The Morgan fingerprint density at radius 2 is 2.15 bits per heavy atom. The quantitative estimate of drug-likeness (QED) is 0.522. The number of hydrogen-bond donors (Lipinski definition) is 0. The van der Waals surface area contributed by atoms with E-state index in [0.29, 0.717) is 0 Å². The predicted octanol–water partition coefficient (Wildman–Crippen LogP) is 1.92. The largest absolute Gasteiger partial charge is 0.434 e. The van der Waals surface area contributed by atoms with Crippen molar-refractivity contribution in [1.82, 2.24) is 9.55 Å². The molecule has 0 saturated carbocycles. The van der Waals surface area contributed by atoms with E-state index in [1.165, 1.54) is 10.8 Å². The molecule has 0 aliphatic heterocycles. The van der Waals surface area contributed by atoms with Crippen molar-refractivity contribution in [2.75, 3.05) is 0 Å². The topological polar surface area (TPSA) is 61.0 Å². The van der Waals surface area contributed by atoms with Gasteiger partial charge >= 0.3 is 5.95 Å². The first kappa shape index (κ1) is 11.6. The molecule has 1 rings (SSSR count). The van der Waals surface area contributed by atoms with Gasteiger partial charge in [-0.15, -0.1) is 0 Å². The Kier molecular flexibility index (Phi) is 4.72. The van der Waals surface area contributed by atoms with Crippen LogP contribution < -0.4 is 0 Å². The second kappa shape index (κ2) is 5.29. The van der Waals surface area contributed by atoms with Gasteiger partial charge in [0.05, 0.1) is 7.05 Å². The first-order valence-electron chi connectivity index (χ1n) is 4.31. The van der Waals surface area contributed by atoms with Crippen LogP contribution in [0.1, 0.15) is 26.5 Å². The van der Waals surface area contributed by atoms with Gasteiger partial charge in [-0.05, 0) is 4.92 Å². The van der Waals surface area contributed by atoms with E-state index < -0.39 is 4.92 Å². The maximum Gasteiger partial charge on any atom is 0.434 e. The highest BCUT2D eigenvalue weighted by Crippen LogP contribution is 2.10. The van der Waals surface area contributed by atoms with Crippen LogP contribution in [-0.2, 0) is 13.5 Å².